The molecule has 0 atom stereocenters. The molecular weight excluding hydrogens is 412 g/mol. The lowest BCUT2D eigenvalue weighted by Crippen LogP contribution is -2.15. The lowest BCUT2D eigenvalue weighted by Gasteiger charge is -2.08. The average Bonchev–Trinajstić information content (AvgIpc) is 2.73. The van der Waals surface area contributed by atoms with Crippen molar-refractivity contribution in [3.05, 3.63) is 29.8 Å². The minimum Gasteiger partial charge on any atom is -0.379 e. The quantitative estimate of drug-likeness (QED) is 0.222. The first kappa shape index (κ1) is 27.0. The maximum atomic E-state index is 12.0. The Labute approximate surface area is 180 Å². The summed E-state index contributed by atoms with van der Waals surface area (Å²) in [6.45, 7) is 8.89. The molecule has 9 heteroatoms. The van der Waals surface area contributed by atoms with Crippen LogP contribution in [0.4, 0.5) is 0 Å². The molecule has 1 rings (SSSR count). The van der Waals surface area contributed by atoms with E-state index >= 15 is 0 Å². The van der Waals surface area contributed by atoms with E-state index < -0.39 is 10.1 Å². The molecule has 0 aliphatic rings. The Balaban J connectivity index is 1.84. The summed E-state index contributed by atoms with van der Waals surface area (Å²) < 4.78 is 55.8. The van der Waals surface area contributed by atoms with Crippen molar-refractivity contribution in [2.24, 2.45) is 0 Å². The summed E-state index contributed by atoms with van der Waals surface area (Å²) in [7, 11) is -3.74. The zero-order valence-corrected chi connectivity index (χ0v) is 19.0. The Morgan fingerprint density at radius 3 is 1.47 bits per heavy atom. The predicted molar refractivity (Wildman–Crippen MR) is 113 cm³/mol. The second-order valence-electron chi connectivity index (χ2n) is 6.50. The molecule has 0 saturated heterocycles. The molecule has 1 aromatic rings. The monoisotopic (exact) mass is 448 g/mol. The zero-order valence-electron chi connectivity index (χ0n) is 18.2. The Morgan fingerprint density at radius 2 is 1.03 bits per heavy atom. The second-order valence-corrected chi connectivity index (χ2v) is 8.12. The highest BCUT2D eigenvalue weighted by molar-refractivity contribution is 7.86. The summed E-state index contributed by atoms with van der Waals surface area (Å²) in [5, 5.41) is 0. The molecule has 0 radical (unpaired) electrons. The van der Waals surface area contributed by atoms with Gasteiger partial charge >= 0.3 is 0 Å². The van der Waals surface area contributed by atoms with Gasteiger partial charge in [-0.25, -0.2) is 0 Å². The van der Waals surface area contributed by atoms with E-state index in [2.05, 4.69) is 6.92 Å². The Bertz CT molecular complexity index is 618. The van der Waals surface area contributed by atoms with Gasteiger partial charge in [0.15, 0.2) is 0 Å². The number of aryl methyl sites for hydroxylation is 1. The van der Waals surface area contributed by atoms with Crippen LogP contribution >= 0.6 is 0 Å². The van der Waals surface area contributed by atoms with Crippen LogP contribution in [0.25, 0.3) is 0 Å². The fourth-order valence-electron chi connectivity index (χ4n) is 2.20. The fourth-order valence-corrected chi connectivity index (χ4v) is 3.10. The van der Waals surface area contributed by atoms with E-state index in [-0.39, 0.29) is 18.1 Å². The molecule has 30 heavy (non-hydrogen) atoms. The SMILES string of the molecule is CCCCOCCOCCOCCOCCOCCOS(=O)(=O)c1ccc(C)cc1. The number of ether oxygens (including phenoxy) is 5. The van der Waals surface area contributed by atoms with Crippen molar-refractivity contribution < 1.29 is 36.3 Å². The minimum absolute atomic E-state index is 0.0387. The molecule has 1 aromatic carbocycles. The van der Waals surface area contributed by atoms with Crippen molar-refractivity contribution in [2.45, 2.75) is 31.6 Å². The molecule has 0 heterocycles. The van der Waals surface area contributed by atoms with Gasteiger partial charge in [0.25, 0.3) is 10.1 Å². The van der Waals surface area contributed by atoms with Crippen LogP contribution in [-0.2, 0) is 38.0 Å². The normalized spacial score (nSPS) is 11.8. The van der Waals surface area contributed by atoms with Crippen molar-refractivity contribution in [1.82, 2.24) is 0 Å². The van der Waals surface area contributed by atoms with E-state index in [1.165, 1.54) is 12.1 Å². The van der Waals surface area contributed by atoms with Crippen LogP contribution in [0.2, 0.25) is 0 Å². The number of unbranched alkanes of at least 4 members (excludes halogenated alkanes) is 1. The Kier molecular flexibility index (Phi) is 15.8. The van der Waals surface area contributed by atoms with Gasteiger partial charge in [-0.1, -0.05) is 31.0 Å². The molecule has 0 N–H and O–H groups in total. The van der Waals surface area contributed by atoms with Gasteiger partial charge in [-0.15, -0.1) is 0 Å². The van der Waals surface area contributed by atoms with Crippen LogP contribution < -0.4 is 0 Å². The third-order valence-electron chi connectivity index (χ3n) is 3.91. The summed E-state index contributed by atoms with van der Waals surface area (Å²) >= 11 is 0. The number of hydrogen-bond acceptors (Lipinski definition) is 8. The topological polar surface area (TPSA) is 89.5 Å². The van der Waals surface area contributed by atoms with Gasteiger partial charge in [0.2, 0.25) is 0 Å². The van der Waals surface area contributed by atoms with Gasteiger partial charge in [0.05, 0.1) is 71.0 Å². The first-order valence-corrected chi connectivity index (χ1v) is 11.8. The van der Waals surface area contributed by atoms with Crippen LogP contribution in [0.1, 0.15) is 25.3 Å². The van der Waals surface area contributed by atoms with Crippen molar-refractivity contribution in [3.63, 3.8) is 0 Å². The predicted octanol–water partition coefficient (Wildman–Crippen LogP) is 2.58. The van der Waals surface area contributed by atoms with Gasteiger partial charge in [0.1, 0.15) is 0 Å². The maximum absolute atomic E-state index is 12.0. The lowest BCUT2D eigenvalue weighted by atomic mass is 10.2. The number of benzene rings is 1. The summed E-state index contributed by atoms with van der Waals surface area (Å²) in [5.74, 6) is 0. The largest absolute Gasteiger partial charge is 0.379 e. The third kappa shape index (κ3) is 14.0. The highest BCUT2D eigenvalue weighted by atomic mass is 32.2. The van der Waals surface area contributed by atoms with Crippen molar-refractivity contribution in [3.8, 4) is 0 Å². The lowest BCUT2D eigenvalue weighted by molar-refractivity contribution is -0.0127. The van der Waals surface area contributed by atoms with Crippen LogP contribution in [0.15, 0.2) is 29.2 Å². The fraction of sp³-hybridized carbons (Fsp3) is 0.714. The van der Waals surface area contributed by atoms with Crippen molar-refractivity contribution in [1.29, 1.82) is 0 Å². The van der Waals surface area contributed by atoms with E-state index in [1.807, 2.05) is 6.92 Å². The van der Waals surface area contributed by atoms with E-state index in [0.29, 0.717) is 52.9 Å². The molecule has 0 saturated carbocycles. The average molecular weight is 449 g/mol. The molecule has 0 unspecified atom stereocenters. The number of hydrogen-bond donors (Lipinski definition) is 0. The summed E-state index contributed by atoms with van der Waals surface area (Å²) in [6, 6.07) is 6.50. The highest BCUT2D eigenvalue weighted by Gasteiger charge is 2.14. The van der Waals surface area contributed by atoms with E-state index in [1.54, 1.807) is 12.1 Å². The van der Waals surface area contributed by atoms with Crippen LogP contribution in [0.3, 0.4) is 0 Å². The first-order valence-electron chi connectivity index (χ1n) is 10.4. The molecule has 0 aromatic heterocycles. The smallest absolute Gasteiger partial charge is 0.297 e. The van der Waals surface area contributed by atoms with E-state index in [4.69, 9.17) is 27.9 Å². The van der Waals surface area contributed by atoms with Crippen LogP contribution in [0, 0.1) is 6.92 Å². The summed E-state index contributed by atoms with van der Waals surface area (Å²) in [4.78, 5) is 0.141. The third-order valence-corrected chi connectivity index (χ3v) is 5.23. The molecular formula is C21H36O8S. The van der Waals surface area contributed by atoms with Gasteiger partial charge < -0.3 is 23.7 Å². The van der Waals surface area contributed by atoms with Gasteiger partial charge in [-0.05, 0) is 25.5 Å². The van der Waals surface area contributed by atoms with E-state index in [9.17, 15) is 8.42 Å². The second kappa shape index (κ2) is 17.6. The molecule has 174 valence electrons. The first-order chi connectivity index (χ1) is 14.6. The molecule has 0 bridgehead atoms. The Hall–Kier alpha value is -1.07. The Morgan fingerprint density at radius 1 is 0.633 bits per heavy atom. The summed E-state index contributed by atoms with van der Waals surface area (Å²) in [5.41, 5.74) is 0.985. The van der Waals surface area contributed by atoms with Crippen molar-refractivity contribution >= 4 is 10.1 Å². The van der Waals surface area contributed by atoms with Gasteiger partial charge in [-0.2, -0.15) is 8.42 Å². The van der Waals surface area contributed by atoms with E-state index in [0.717, 1.165) is 25.0 Å². The van der Waals surface area contributed by atoms with Crippen LogP contribution in [-0.4, -0.2) is 81.1 Å². The molecule has 0 aliphatic carbocycles. The number of rotatable bonds is 20. The highest BCUT2D eigenvalue weighted by Crippen LogP contribution is 2.12. The van der Waals surface area contributed by atoms with Crippen LogP contribution in [0.5, 0.6) is 0 Å². The molecule has 8 nitrogen and oxygen atoms in total. The molecule has 0 amide bonds. The molecule has 0 aliphatic heterocycles. The molecule has 0 fully saturated rings. The summed E-state index contributed by atoms with van der Waals surface area (Å²) in [6.07, 6.45) is 2.22. The van der Waals surface area contributed by atoms with Crippen molar-refractivity contribution in [2.75, 3.05) is 72.7 Å². The van der Waals surface area contributed by atoms with Gasteiger partial charge in [-0.3, -0.25) is 4.18 Å². The molecule has 0 spiro atoms. The standard InChI is InChI=1S/C21H36O8S/c1-3-4-9-24-10-11-25-12-13-26-14-15-27-16-17-28-18-19-29-30(22,23)21-7-5-20(2)6-8-21/h5-8H,3-4,9-19H2,1-2H3. The maximum Gasteiger partial charge on any atom is 0.297 e. The zero-order chi connectivity index (χ0) is 21.9. The van der Waals surface area contributed by atoms with Gasteiger partial charge in [0, 0.05) is 6.61 Å². The minimum atomic E-state index is -3.74.